The molecule has 23 heavy (non-hydrogen) atoms. The third kappa shape index (κ3) is 5.84. The average molecular weight is 333 g/mol. The molecular formula is C17H23N3O2S. The molecule has 1 heterocycles. The quantitative estimate of drug-likeness (QED) is 0.323. The molecule has 0 aliphatic rings. The number of nitrogens with zero attached hydrogens (tertiary/aromatic N) is 1. The summed E-state index contributed by atoms with van der Waals surface area (Å²) >= 11 is 3.68. The lowest BCUT2D eigenvalue weighted by Crippen LogP contribution is -2.33. The van der Waals surface area contributed by atoms with E-state index in [1.54, 1.807) is 12.4 Å². The van der Waals surface area contributed by atoms with Crippen LogP contribution in [0, 0.1) is 0 Å². The molecule has 0 fully saturated rings. The molecule has 2 aromatic rings. The first kappa shape index (κ1) is 17.7. The van der Waals surface area contributed by atoms with Crippen LogP contribution in [0.5, 0.6) is 0 Å². The molecule has 5 nitrogen and oxygen atoms in total. The van der Waals surface area contributed by atoms with Crippen molar-refractivity contribution in [3.05, 3.63) is 59.9 Å². The average Bonchev–Trinajstić information content (AvgIpc) is 2.61. The van der Waals surface area contributed by atoms with Crippen LogP contribution in [0.4, 0.5) is 5.69 Å². The first-order valence-corrected chi connectivity index (χ1v) is 7.98. The second kappa shape index (κ2) is 9.52. The highest BCUT2D eigenvalue weighted by Gasteiger charge is 2.15. The predicted octanol–water partition coefficient (Wildman–Crippen LogP) is 2.57. The van der Waals surface area contributed by atoms with Crippen molar-refractivity contribution in [2.24, 2.45) is 0 Å². The van der Waals surface area contributed by atoms with Gasteiger partial charge in [0.05, 0.1) is 6.10 Å². The molecule has 2 rings (SSSR count). The first-order valence-electron chi connectivity index (χ1n) is 7.61. The highest BCUT2D eigenvalue weighted by Crippen LogP contribution is 2.15. The Hall–Kier alpha value is -1.60. The number of benzene rings is 1. The fourth-order valence-corrected chi connectivity index (χ4v) is 2.36. The number of aliphatic hydroxyl groups excluding tert-OH is 1. The zero-order valence-electron chi connectivity index (χ0n) is 13.1. The number of nitrogens with one attached hydrogen (secondary N) is 2. The number of hydrogen-bond donors (Lipinski definition) is 4. The molecule has 0 saturated heterocycles. The molecule has 0 amide bonds. The molecule has 0 saturated carbocycles. The van der Waals surface area contributed by atoms with Crippen molar-refractivity contribution < 1.29 is 9.29 Å². The molecule has 0 spiro atoms. The second-order valence-corrected chi connectivity index (χ2v) is 5.63. The number of pyridine rings is 1. The van der Waals surface area contributed by atoms with Crippen LogP contribution in [0.1, 0.15) is 24.2 Å². The Morgan fingerprint density at radius 1 is 1.26 bits per heavy atom. The molecular weight excluding hydrogens is 310 g/mol. The summed E-state index contributed by atoms with van der Waals surface area (Å²) in [5.74, 6) is 0. The SMILES string of the molecule is C[C@@H](NCCc1ccc(NCOS)cc1)[C@H](O)c1cccnc1. The van der Waals surface area contributed by atoms with Gasteiger partial charge < -0.3 is 15.7 Å². The van der Waals surface area contributed by atoms with E-state index in [0.29, 0.717) is 6.73 Å². The molecule has 0 bridgehead atoms. The zero-order chi connectivity index (χ0) is 16.5. The number of aliphatic hydroxyl groups is 1. The third-order valence-electron chi connectivity index (χ3n) is 3.67. The Labute approximate surface area is 142 Å². The zero-order valence-corrected chi connectivity index (χ0v) is 14.0. The van der Waals surface area contributed by atoms with Crippen LogP contribution in [-0.2, 0) is 10.6 Å². The summed E-state index contributed by atoms with van der Waals surface area (Å²) in [5.41, 5.74) is 3.06. The van der Waals surface area contributed by atoms with Crippen molar-refractivity contribution in [1.29, 1.82) is 0 Å². The predicted molar refractivity (Wildman–Crippen MR) is 95.4 cm³/mol. The van der Waals surface area contributed by atoms with Gasteiger partial charge >= 0.3 is 0 Å². The van der Waals surface area contributed by atoms with E-state index in [0.717, 1.165) is 24.2 Å². The maximum atomic E-state index is 10.3. The van der Waals surface area contributed by atoms with Crippen LogP contribution in [0.25, 0.3) is 0 Å². The van der Waals surface area contributed by atoms with Gasteiger partial charge in [0.2, 0.25) is 0 Å². The molecule has 2 atom stereocenters. The fourth-order valence-electron chi connectivity index (χ4n) is 2.30. The summed E-state index contributed by atoms with van der Waals surface area (Å²) in [6.07, 6.45) is 3.74. The van der Waals surface area contributed by atoms with E-state index in [2.05, 4.69) is 44.8 Å². The van der Waals surface area contributed by atoms with Gasteiger partial charge in [-0.05, 0) is 56.6 Å². The van der Waals surface area contributed by atoms with Crippen LogP contribution in [0.2, 0.25) is 0 Å². The van der Waals surface area contributed by atoms with Crippen LogP contribution in [-0.4, -0.2) is 29.4 Å². The molecule has 1 aromatic heterocycles. The third-order valence-corrected chi connectivity index (χ3v) is 3.80. The van der Waals surface area contributed by atoms with Crippen LogP contribution < -0.4 is 10.6 Å². The molecule has 0 aliphatic heterocycles. The minimum Gasteiger partial charge on any atom is -0.387 e. The van der Waals surface area contributed by atoms with E-state index in [4.69, 9.17) is 0 Å². The maximum Gasteiger partial charge on any atom is 0.130 e. The van der Waals surface area contributed by atoms with Gasteiger partial charge in [-0.3, -0.25) is 9.17 Å². The Kier molecular flexibility index (Phi) is 7.35. The summed E-state index contributed by atoms with van der Waals surface area (Å²) < 4.78 is 4.67. The Bertz CT molecular complexity index is 566. The van der Waals surface area contributed by atoms with Crippen LogP contribution >= 0.6 is 12.9 Å². The smallest absolute Gasteiger partial charge is 0.130 e. The fraction of sp³-hybridized carbons (Fsp3) is 0.353. The summed E-state index contributed by atoms with van der Waals surface area (Å²) in [4.78, 5) is 4.04. The number of thiol groups is 1. The van der Waals surface area contributed by atoms with E-state index in [1.165, 1.54) is 5.56 Å². The minimum atomic E-state index is -0.559. The van der Waals surface area contributed by atoms with E-state index in [1.807, 2.05) is 31.2 Å². The van der Waals surface area contributed by atoms with Gasteiger partial charge in [0.1, 0.15) is 6.73 Å². The number of rotatable bonds is 9. The van der Waals surface area contributed by atoms with E-state index in [-0.39, 0.29) is 6.04 Å². The van der Waals surface area contributed by atoms with Crippen molar-refractivity contribution >= 4 is 18.6 Å². The Balaban J connectivity index is 1.75. The number of hydrogen-bond acceptors (Lipinski definition) is 6. The molecule has 0 unspecified atom stereocenters. The number of aromatic nitrogens is 1. The van der Waals surface area contributed by atoms with Gasteiger partial charge in [-0.1, -0.05) is 18.2 Å². The number of anilines is 1. The van der Waals surface area contributed by atoms with Gasteiger partial charge in [-0.2, -0.15) is 0 Å². The maximum absolute atomic E-state index is 10.3. The Morgan fingerprint density at radius 2 is 2.04 bits per heavy atom. The highest BCUT2D eigenvalue weighted by molar-refractivity contribution is 7.75. The normalized spacial score (nSPS) is 13.5. The van der Waals surface area contributed by atoms with Gasteiger partial charge in [-0.15, -0.1) is 0 Å². The van der Waals surface area contributed by atoms with Crippen LogP contribution in [0.15, 0.2) is 48.8 Å². The summed E-state index contributed by atoms with van der Waals surface area (Å²) in [6.45, 7) is 3.14. The van der Waals surface area contributed by atoms with E-state index < -0.39 is 6.10 Å². The summed E-state index contributed by atoms with van der Waals surface area (Å²) in [7, 11) is 0. The standard InChI is InChI=1S/C17H23N3O2S/c1-13(17(21)15-3-2-9-18-11-15)19-10-8-14-4-6-16(7-5-14)20-12-22-23/h2-7,9,11,13,17,19-21,23H,8,10,12H2,1H3/t13-,17+/m1/s1. The van der Waals surface area contributed by atoms with Gasteiger partial charge in [0, 0.05) is 29.7 Å². The molecule has 124 valence electrons. The second-order valence-electron chi connectivity index (χ2n) is 5.37. The summed E-state index contributed by atoms with van der Waals surface area (Å²) in [6, 6.07) is 11.9. The molecule has 6 heteroatoms. The molecule has 3 N–H and O–H groups in total. The van der Waals surface area contributed by atoms with Crippen molar-refractivity contribution in [1.82, 2.24) is 10.3 Å². The lowest BCUT2D eigenvalue weighted by Gasteiger charge is -2.20. The van der Waals surface area contributed by atoms with Gasteiger partial charge in [-0.25, -0.2) is 0 Å². The van der Waals surface area contributed by atoms with Gasteiger partial charge in [0.25, 0.3) is 0 Å². The van der Waals surface area contributed by atoms with Crippen molar-refractivity contribution in [3.63, 3.8) is 0 Å². The molecule has 0 radical (unpaired) electrons. The monoisotopic (exact) mass is 333 g/mol. The van der Waals surface area contributed by atoms with Crippen molar-refractivity contribution in [2.75, 3.05) is 18.6 Å². The lowest BCUT2D eigenvalue weighted by molar-refractivity contribution is 0.136. The highest BCUT2D eigenvalue weighted by atomic mass is 32.1. The summed E-state index contributed by atoms with van der Waals surface area (Å²) in [5, 5.41) is 16.7. The molecule has 1 aromatic carbocycles. The van der Waals surface area contributed by atoms with Crippen molar-refractivity contribution in [3.8, 4) is 0 Å². The van der Waals surface area contributed by atoms with Crippen molar-refractivity contribution in [2.45, 2.75) is 25.5 Å². The molecule has 0 aliphatic carbocycles. The van der Waals surface area contributed by atoms with Crippen LogP contribution in [0.3, 0.4) is 0 Å². The van der Waals surface area contributed by atoms with Gasteiger partial charge in [0.15, 0.2) is 0 Å². The minimum absolute atomic E-state index is 0.0346. The van der Waals surface area contributed by atoms with E-state index in [9.17, 15) is 5.11 Å². The topological polar surface area (TPSA) is 66.4 Å². The van der Waals surface area contributed by atoms with E-state index >= 15 is 0 Å². The first-order chi connectivity index (χ1) is 11.2. The lowest BCUT2D eigenvalue weighted by atomic mass is 10.1. The Morgan fingerprint density at radius 3 is 2.70 bits per heavy atom. The largest absolute Gasteiger partial charge is 0.387 e.